The third kappa shape index (κ3) is 5.13. The third-order valence-electron chi connectivity index (χ3n) is 3.22. The van der Waals surface area contributed by atoms with E-state index in [-0.39, 0.29) is 30.3 Å². The second-order valence-electron chi connectivity index (χ2n) is 4.88. The third-order valence-corrected chi connectivity index (χ3v) is 4.65. The molecule has 0 aliphatic carbocycles. The van der Waals surface area contributed by atoms with Gasteiger partial charge in [-0.05, 0) is 18.2 Å². The molecule has 0 saturated carbocycles. The highest BCUT2D eigenvalue weighted by molar-refractivity contribution is 8.23. The van der Waals surface area contributed by atoms with E-state index in [1.165, 1.54) is 35.9 Å². The zero-order chi connectivity index (χ0) is 18.4. The first-order valence-electron chi connectivity index (χ1n) is 7.17. The summed E-state index contributed by atoms with van der Waals surface area (Å²) >= 11 is 6.28. The summed E-state index contributed by atoms with van der Waals surface area (Å²) in [5.74, 6) is -1.86. The van der Waals surface area contributed by atoms with Crippen LogP contribution < -0.4 is 10.1 Å². The van der Waals surface area contributed by atoms with E-state index in [0.29, 0.717) is 10.1 Å². The van der Waals surface area contributed by atoms with Crippen molar-refractivity contribution in [1.82, 2.24) is 10.2 Å². The molecule has 134 valence electrons. The minimum Gasteiger partial charge on any atom is -0.494 e. The lowest BCUT2D eigenvalue weighted by molar-refractivity contribution is -0.126. The van der Waals surface area contributed by atoms with Crippen LogP contribution >= 0.6 is 24.0 Å². The molecule has 1 N–H and O–H groups in total. The molecule has 0 radical (unpaired) electrons. The van der Waals surface area contributed by atoms with Crippen LogP contribution in [0.3, 0.4) is 0 Å². The first kappa shape index (κ1) is 19.1. The number of nitrogens with zero attached hydrogens (tertiary/aromatic N) is 1. The molecule has 1 aliphatic heterocycles. The van der Waals surface area contributed by atoms with Crippen LogP contribution in [0.2, 0.25) is 0 Å². The van der Waals surface area contributed by atoms with Crippen LogP contribution in [0.5, 0.6) is 5.75 Å². The second-order valence-corrected chi connectivity index (χ2v) is 6.48. The van der Waals surface area contributed by atoms with Crippen LogP contribution in [0.1, 0.15) is 10.4 Å². The van der Waals surface area contributed by atoms with Gasteiger partial charge in [0.25, 0.3) is 5.91 Å². The zero-order valence-electron chi connectivity index (χ0n) is 13.2. The van der Waals surface area contributed by atoms with Gasteiger partial charge in [-0.1, -0.05) is 24.0 Å². The van der Waals surface area contributed by atoms with E-state index in [1.807, 2.05) is 0 Å². The molecule has 0 spiro atoms. The maximum absolute atomic E-state index is 13.5. The maximum atomic E-state index is 13.5. The van der Waals surface area contributed by atoms with Crippen LogP contribution in [0.4, 0.5) is 4.39 Å². The number of amides is 2. The fraction of sp³-hybridized carbons (Fsp3) is 0.333. The van der Waals surface area contributed by atoms with E-state index in [1.54, 1.807) is 0 Å². The summed E-state index contributed by atoms with van der Waals surface area (Å²) in [4.78, 5) is 36.4. The van der Waals surface area contributed by atoms with Crippen molar-refractivity contribution in [1.29, 1.82) is 0 Å². The Morgan fingerprint density at radius 2 is 2.20 bits per heavy atom. The predicted molar refractivity (Wildman–Crippen MR) is 93.0 cm³/mol. The number of rotatable bonds is 7. The van der Waals surface area contributed by atoms with Crippen molar-refractivity contribution < 1.29 is 28.2 Å². The Hall–Kier alpha value is -2.20. The van der Waals surface area contributed by atoms with Gasteiger partial charge in [0.2, 0.25) is 5.91 Å². The number of methoxy groups -OCH3 is 1. The molecule has 25 heavy (non-hydrogen) atoms. The van der Waals surface area contributed by atoms with Gasteiger partial charge in [-0.15, -0.1) is 0 Å². The number of thioether (sulfide) groups is 1. The second kappa shape index (κ2) is 8.77. The van der Waals surface area contributed by atoms with Crippen LogP contribution in [0.15, 0.2) is 18.2 Å². The van der Waals surface area contributed by atoms with E-state index in [9.17, 15) is 18.8 Å². The van der Waals surface area contributed by atoms with Gasteiger partial charge in [-0.3, -0.25) is 14.5 Å². The number of benzene rings is 1. The van der Waals surface area contributed by atoms with Gasteiger partial charge in [0, 0.05) is 13.1 Å². The van der Waals surface area contributed by atoms with Crippen LogP contribution in [-0.2, 0) is 14.3 Å². The number of ether oxygens (including phenoxy) is 2. The van der Waals surface area contributed by atoms with Crippen LogP contribution in [-0.4, -0.2) is 59.6 Å². The molecule has 7 nitrogen and oxygen atoms in total. The van der Waals surface area contributed by atoms with Gasteiger partial charge in [0.05, 0.1) is 18.4 Å². The van der Waals surface area contributed by atoms with E-state index >= 15 is 0 Å². The molecule has 0 aromatic heterocycles. The SMILES string of the molecule is COc1ccc(C(=O)OCC(=O)NCCN2C(=O)CSC2=S)cc1F. The lowest BCUT2D eigenvalue weighted by Gasteiger charge is -2.15. The fourth-order valence-corrected chi connectivity index (χ4v) is 3.08. The van der Waals surface area contributed by atoms with Gasteiger partial charge in [-0.2, -0.15) is 0 Å². The van der Waals surface area contributed by atoms with Crippen molar-refractivity contribution in [2.45, 2.75) is 0 Å². The summed E-state index contributed by atoms with van der Waals surface area (Å²) in [5, 5.41) is 2.51. The first-order valence-corrected chi connectivity index (χ1v) is 8.56. The number of halogens is 1. The van der Waals surface area contributed by atoms with Crippen molar-refractivity contribution in [2.24, 2.45) is 0 Å². The Bertz CT molecular complexity index is 697. The number of hydrogen-bond donors (Lipinski definition) is 1. The zero-order valence-corrected chi connectivity index (χ0v) is 14.9. The smallest absolute Gasteiger partial charge is 0.338 e. The van der Waals surface area contributed by atoms with E-state index < -0.39 is 24.3 Å². The number of carbonyl (C=O) groups is 3. The average Bonchev–Trinajstić information content (AvgIpc) is 2.91. The molecule has 1 heterocycles. The molecule has 1 saturated heterocycles. The maximum Gasteiger partial charge on any atom is 0.338 e. The number of carbonyl (C=O) groups excluding carboxylic acids is 3. The Kier molecular flexibility index (Phi) is 6.71. The van der Waals surface area contributed by atoms with Gasteiger partial charge < -0.3 is 14.8 Å². The molecule has 0 atom stereocenters. The number of thiocarbonyl (C=S) groups is 1. The van der Waals surface area contributed by atoms with Crippen LogP contribution in [0, 0.1) is 5.82 Å². The average molecular weight is 386 g/mol. The summed E-state index contributed by atoms with van der Waals surface area (Å²) < 4.78 is 23.6. The normalized spacial score (nSPS) is 13.8. The number of hydrogen-bond acceptors (Lipinski definition) is 7. The summed E-state index contributed by atoms with van der Waals surface area (Å²) in [6.45, 7) is -0.0757. The molecule has 1 aliphatic rings. The van der Waals surface area contributed by atoms with Crippen molar-refractivity contribution in [2.75, 3.05) is 32.6 Å². The Labute approximate surface area is 152 Å². The highest BCUT2D eigenvalue weighted by Crippen LogP contribution is 2.19. The van der Waals surface area contributed by atoms with Crippen molar-refractivity contribution in [3.8, 4) is 5.75 Å². The molecule has 1 aromatic rings. The van der Waals surface area contributed by atoms with Crippen molar-refractivity contribution >= 4 is 46.1 Å². The quantitative estimate of drug-likeness (QED) is 0.552. The molecule has 10 heteroatoms. The van der Waals surface area contributed by atoms with Gasteiger partial charge in [0.1, 0.15) is 4.32 Å². The molecule has 2 rings (SSSR count). The van der Waals surface area contributed by atoms with E-state index in [0.717, 1.165) is 6.07 Å². The summed E-state index contributed by atoms with van der Waals surface area (Å²) in [5.41, 5.74) is -0.0314. The lowest BCUT2D eigenvalue weighted by atomic mass is 10.2. The summed E-state index contributed by atoms with van der Waals surface area (Å²) in [6, 6.07) is 3.59. The summed E-state index contributed by atoms with van der Waals surface area (Å²) in [6.07, 6.45) is 0. The standard InChI is InChI=1S/C15H15FN2O5S2/c1-22-11-3-2-9(6-10(11)16)14(21)23-7-12(19)17-4-5-18-13(20)8-25-15(18)24/h2-3,6H,4-5,7-8H2,1H3,(H,17,19). The largest absolute Gasteiger partial charge is 0.494 e. The van der Waals surface area contributed by atoms with Gasteiger partial charge in [0.15, 0.2) is 18.2 Å². The Morgan fingerprint density at radius 3 is 2.80 bits per heavy atom. The Balaban J connectivity index is 1.74. The minimum atomic E-state index is -0.830. The van der Waals surface area contributed by atoms with E-state index in [4.69, 9.17) is 21.7 Å². The van der Waals surface area contributed by atoms with E-state index in [2.05, 4.69) is 5.32 Å². The highest BCUT2D eigenvalue weighted by Gasteiger charge is 2.26. The van der Waals surface area contributed by atoms with Gasteiger partial charge >= 0.3 is 5.97 Å². The lowest BCUT2D eigenvalue weighted by Crippen LogP contribution is -2.38. The summed E-state index contributed by atoms with van der Waals surface area (Å²) in [7, 11) is 1.31. The monoisotopic (exact) mass is 386 g/mol. The minimum absolute atomic E-state index is 0.00170. The number of nitrogens with one attached hydrogen (secondary N) is 1. The Morgan fingerprint density at radius 1 is 1.44 bits per heavy atom. The topological polar surface area (TPSA) is 84.9 Å². The van der Waals surface area contributed by atoms with Crippen molar-refractivity contribution in [3.05, 3.63) is 29.6 Å². The molecule has 0 unspecified atom stereocenters. The van der Waals surface area contributed by atoms with Crippen molar-refractivity contribution in [3.63, 3.8) is 0 Å². The van der Waals surface area contributed by atoms with Crippen LogP contribution in [0.25, 0.3) is 0 Å². The molecular weight excluding hydrogens is 371 g/mol. The molecule has 2 amide bonds. The number of esters is 1. The molecule has 1 aromatic carbocycles. The molecular formula is C15H15FN2O5S2. The highest BCUT2D eigenvalue weighted by atomic mass is 32.2. The molecule has 0 bridgehead atoms. The first-order chi connectivity index (χ1) is 11.9. The van der Waals surface area contributed by atoms with Gasteiger partial charge in [-0.25, -0.2) is 9.18 Å². The molecule has 1 fully saturated rings. The fourth-order valence-electron chi connectivity index (χ4n) is 1.96. The predicted octanol–water partition coefficient (Wildman–Crippen LogP) is 0.968.